The number of nitrogens with two attached hydrogens (primary N) is 2. The maximum atomic E-state index is 12.7. The van der Waals surface area contributed by atoms with E-state index in [9.17, 15) is 9.59 Å². The van der Waals surface area contributed by atoms with Crippen LogP contribution in [0.2, 0.25) is 0 Å². The van der Waals surface area contributed by atoms with E-state index in [1.807, 2.05) is 60.7 Å². The van der Waals surface area contributed by atoms with Gasteiger partial charge in [-0.15, -0.1) is 0 Å². The first kappa shape index (κ1) is 17.7. The van der Waals surface area contributed by atoms with Gasteiger partial charge in [0.25, 0.3) is 0 Å². The molecule has 24 heavy (non-hydrogen) atoms. The zero-order valence-corrected chi connectivity index (χ0v) is 13.6. The van der Waals surface area contributed by atoms with Crippen LogP contribution in [0.4, 0.5) is 0 Å². The third kappa shape index (κ3) is 5.52. The molecule has 126 valence electrons. The predicted molar refractivity (Wildman–Crippen MR) is 93.8 cm³/mol. The summed E-state index contributed by atoms with van der Waals surface area (Å²) in [6.07, 6.45) is 0.582. The topological polar surface area (TPSA) is 89.4 Å². The van der Waals surface area contributed by atoms with Crippen molar-refractivity contribution in [3.8, 4) is 0 Å². The summed E-state index contributed by atoms with van der Waals surface area (Å²) in [7, 11) is 0. The average Bonchev–Trinajstić information content (AvgIpc) is 2.59. The lowest BCUT2D eigenvalue weighted by atomic mass is 10.0. The fourth-order valence-electron chi connectivity index (χ4n) is 2.51. The average molecular weight is 325 g/mol. The Balaban J connectivity index is 2.06. The van der Waals surface area contributed by atoms with Crippen LogP contribution in [0.3, 0.4) is 0 Å². The Morgan fingerprint density at radius 1 is 0.917 bits per heavy atom. The number of amides is 2. The van der Waals surface area contributed by atoms with Gasteiger partial charge in [0, 0.05) is 19.5 Å². The number of primary amides is 1. The third-order valence-electron chi connectivity index (χ3n) is 3.77. The van der Waals surface area contributed by atoms with Crippen molar-refractivity contribution >= 4 is 11.8 Å². The molecule has 5 nitrogen and oxygen atoms in total. The van der Waals surface area contributed by atoms with Gasteiger partial charge < -0.3 is 16.4 Å². The summed E-state index contributed by atoms with van der Waals surface area (Å²) in [5, 5.41) is 0. The first-order valence-electron chi connectivity index (χ1n) is 7.97. The van der Waals surface area contributed by atoms with E-state index in [2.05, 4.69) is 0 Å². The summed E-state index contributed by atoms with van der Waals surface area (Å²) in [6.45, 7) is 0.682. The minimum absolute atomic E-state index is 0.122. The molecule has 5 heteroatoms. The Kier molecular flexibility index (Phi) is 6.51. The quantitative estimate of drug-likeness (QED) is 0.770. The number of carbonyl (C=O) groups excluding carboxylic acids is 2. The summed E-state index contributed by atoms with van der Waals surface area (Å²) < 4.78 is 0. The second kappa shape index (κ2) is 8.84. The summed E-state index contributed by atoms with van der Waals surface area (Å²) >= 11 is 0. The smallest absolute Gasteiger partial charge is 0.240 e. The zero-order valence-electron chi connectivity index (χ0n) is 13.6. The normalized spacial score (nSPS) is 11.7. The minimum atomic E-state index is -0.649. The lowest BCUT2D eigenvalue weighted by molar-refractivity contribution is -0.133. The van der Waals surface area contributed by atoms with Crippen molar-refractivity contribution in [1.29, 1.82) is 0 Å². The molecule has 0 saturated heterocycles. The highest BCUT2D eigenvalue weighted by Crippen LogP contribution is 2.09. The molecule has 0 aromatic heterocycles. The van der Waals surface area contributed by atoms with E-state index >= 15 is 0 Å². The SMILES string of the molecule is NC(=O)CCN(Cc1ccccc1)C(=O)[C@H](N)Cc1ccccc1. The molecule has 0 unspecified atom stereocenters. The molecule has 2 amide bonds. The lowest BCUT2D eigenvalue weighted by Gasteiger charge is -2.25. The van der Waals surface area contributed by atoms with Crippen molar-refractivity contribution in [2.24, 2.45) is 11.5 Å². The Labute approximate surface area is 142 Å². The molecule has 0 aliphatic heterocycles. The van der Waals surface area contributed by atoms with Crippen molar-refractivity contribution < 1.29 is 9.59 Å². The first-order chi connectivity index (χ1) is 11.6. The van der Waals surface area contributed by atoms with Crippen molar-refractivity contribution in [2.45, 2.75) is 25.4 Å². The molecule has 0 spiro atoms. The molecule has 0 heterocycles. The molecule has 4 N–H and O–H groups in total. The molecule has 1 atom stereocenters. The van der Waals surface area contributed by atoms with Crippen LogP contribution < -0.4 is 11.5 Å². The standard InChI is InChI=1S/C19H23N3O2/c20-17(13-15-7-3-1-4-8-15)19(24)22(12-11-18(21)23)14-16-9-5-2-6-10-16/h1-10,17H,11-14,20H2,(H2,21,23)/t17-/m1/s1. The molecule has 0 aliphatic rings. The van der Waals surface area contributed by atoms with Gasteiger partial charge in [-0.1, -0.05) is 60.7 Å². The van der Waals surface area contributed by atoms with Gasteiger partial charge in [-0.05, 0) is 17.5 Å². The summed E-state index contributed by atoms with van der Waals surface area (Å²) in [4.78, 5) is 25.4. The maximum absolute atomic E-state index is 12.7. The fraction of sp³-hybridized carbons (Fsp3) is 0.263. The molecule has 0 aliphatic carbocycles. The first-order valence-corrected chi connectivity index (χ1v) is 7.97. The summed E-state index contributed by atoms with van der Waals surface area (Å²) in [5.74, 6) is -0.610. The van der Waals surface area contributed by atoms with Crippen molar-refractivity contribution in [3.05, 3.63) is 71.8 Å². The number of rotatable bonds is 8. The van der Waals surface area contributed by atoms with Crippen molar-refractivity contribution in [3.63, 3.8) is 0 Å². The molecule has 2 rings (SSSR count). The molecular formula is C19H23N3O2. The molecule has 2 aromatic carbocycles. The highest BCUT2D eigenvalue weighted by atomic mass is 16.2. The lowest BCUT2D eigenvalue weighted by Crippen LogP contribution is -2.45. The highest BCUT2D eigenvalue weighted by Gasteiger charge is 2.21. The Morgan fingerprint density at radius 2 is 1.46 bits per heavy atom. The fourth-order valence-corrected chi connectivity index (χ4v) is 2.51. The highest BCUT2D eigenvalue weighted by molar-refractivity contribution is 5.82. The molecule has 2 aromatic rings. The maximum Gasteiger partial charge on any atom is 0.240 e. The third-order valence-corrected chi connectivity index (χ3v) is 3.77. The van der Waals surface area contributed by atoms with Crippen LogP contribution >= 0.6 is 0 Å². The Bertz CT molecular complexity index is 659. The number of benzene rings is 2. The van der Waals surface area contributed by atoms with Gasteiger partial charge in [-0.3, -0.25) is 9.59 Å². The van der Waals surface area contributed by atoms with E-state index < -0.39 is 11.9 Å². The largest absolute Gasteiger partial charge is 0.370 e. The number of carbonyl (C=O) groups is 2. The van der Waals surface area contributed by atoms with Crippen LogP contribution in [-0.2, 0) is 22.6 Å². The summed E-state index contributed by atoms with van der Waals surface area (Å²) in [6, 6.07) is 18.6. The van der Waals surface area contributed by atoms with Gasteiger partial charge in [0.1, 0.15) is 0 Å². The molecule has 0 bridgehead atoms. The van der Waals surface area contributed by atoms with E-state index in [0.29, 0.717) is 13.0 Å². The van der Waals surface area contributed by atoms with Gasteiger partial charge in [0.15, 0.2) is 0 Å². The predicted octanol–water partition coefficient (Wildman–Crippen LogP) is 1.46. The molecule has 0 radical (unpaired) electrons. The molecule has 0 saturated carbocycles. The van der Waals surface area contributed by atoms with Crippen LogP contribution in [0, 0.1) is 0 Å². The molecular weight excluding hydrogens is 302 g/mol. The second-order valence-corrected chi connectivity index (χ2v) is 5.76. The van der Waals surface area contributed by atoms with E-state index in [4.69, 9.17) is 11.5 Å². The Hall–Kier alpha value is -2.66. The molecule has 0 fully saturated rings. The number of nitrogens with zero attached hydrogens (tertiary/aromatic N) is 1. The van der Waals surface area contributed by atoms with Crippen molar-refractivity contribution in [1.82, 2.24) is 4.90 Å². The van der Waals surface area contributed by atoms with E-state index in [1.165, 1.54) is 0 Å². The zero-order chi connectivity index (χ0) is 17.4. The summed E-state index contributed by atoms with van der Waals surface area (Å²) in [5.41, 5.74) is 13.3. The van der Waals surface area contributed by atoms with E-state index in [1.54, 1.807) is 4.90 Å². The monoisotopic (exact) mass is 325 g/mol. The van der Waals surface area contributed by atoms with Crippen LogP contribution in [-0.4, -0.2) is 29.3 Å². The van der Waals surface area contributed by atoms with Gasteiger partial charge in [0.05, 0.1) is 6.04 Å². The van der Waals surface area contributed by atoms with Crippen LogP contribution in [0.1, 0.15) is 17.5 Å². The van der Waals surface area contributed by atoms with Crippen LogP contribution in [0.15, 0.2) is 60.7 Å². The number of hydrogen-bond donors (Lipinski definition) is 2. The van der Waals surface area contributed by atoms with Crippen LogP contribution in [0.25, 0.3) is 0 Å². The van der Waals surface area contributed by atoms with E-state index in [0.717, 1.165) is 11.1 Å². The minimum Gasteiger partial charge on any atom is -0.370 e. The Morgan fingerprint density at radius 3 is 2.00 bits per heavy atom. The second-order valence-electron chi connectivity index (χ2n) is 5.76. The van der Waals surface area contributed by atoms with E-state index in [-0.39, 0.29) is 18.9 Å². The number of hydrogen-bond acceptors (Lipinski definition) is 3. The van der Waals surface area contributed by atoms with Gasteiger partial charge >= 0.3 is 0 Å². The van der Waals surface area contributed by atoms with Gasteiger partial charge in [-0.2, -0.15) is 0 Å². The van der Waals surface area contributed by atoms with Gasteiger partial charge in [0.2, 0.25) is 11.8 Å². The van der Waals surface area contributed by atoms with Gasteiger partial charge in [-0.25, -0.2) is 0 Å². The van der Waals surface area contributed by atoms with Crippen molar-refractivity contribution in [2.75, 3.05) is 6.54 Å². The van der Waals surface area contributed by atoms with Crippen LogP contribution in [0.5, 0.6) is 0 Å².